The summed E-state index contributed by atoms with van der Waals surface area (Å²) in [6.07, 6.45) is 2.99. The Kier molecular flexibility index (Phi) is 6.99. The molecule has 1 fully saturated rings. The zero-order valence-electron chi connectivity index (χ0n) is 20.3. The van der Waals surface area contributed by atoms with Crippen molar-refractivity contribution in [1.29, 1.82) is 0 Å². The number of carbonyl (C=O) groups is 1. The van der Waals surface area contributed by atoms with Crippen molar-refractivity contribution in [1.82, 2.24) is 4.98 Å². The van der Waals surface area contributed by atoms with Gasteiger partial charge in [-0.2, -0.15) is 0 Å². The molecule has 0 radical (unpaired) electrons. The number of carbonyl (C=O) groups excluding carboxylic acids is 1. The maximum Gasteiger partial charge on any atom is 0.496 e. The van der Waals surface area contributed by atoms with Gasteiger partial charge in [0.15, 0.2) is 0 Å². The Labute approximate surface area is 182 Å². The summed E-state index contributed by atoms with van der Waals surface area (Å²) in [7, 11) is -0.469. The number of esters is 1. The van der Waals surface area contributed by atoms with Crippen LogP contribution in [0, 0.1) is 12.3 Å². The predicted molar refractivity (Wildman–Crippen MR) is 119 cm³/mol. The molecule has 0 unspecified atom stereocenters. The number of hydrogen-bond acceptors (Lipinski definition) is 6. The van der Waals surface area contributed by atoms with Crippen molar-refractivity contribution in [3.63, 3.8) is 0 Å². The number of hydrogen-bond donors (Lipinski definition) is 0. The highest BCUT2D eigenvalue weighted by atomic mass is 16.7. The molecule has 6 nitrogen and oxygen atoms in total. The highest BCUT2D eigenvalue weighted by Crippen LogP contribution is 2.37. The summed E-state index contributed by atoms with van der Waals surface area (Å²) in [6, 6.07) is 1.87. The highest BCUT2D eigenvalue weighted by molar-refractivity contribution is 6.62. The molecule has 0 bridgehead atoms. The number of rotatable bonds is 7. The van der Waals surface area contributed by atoms with Crippen LogP contribution >= 0.6 is 0 Å². The number of aromatic nitrogens is 1. The molecule has 0 spiro atoms. The van der Waals surface area contributed by atoms with Gasteiger partial charge in [-0.25, -0.2) is 4.98 Å². The SMILES string of the molecule is CCC(CC)(COc1cc(C)c(B2OC(C)(C)C(C)(C)O2)cn1)C(=O)OC(C)(C)C. The monoisotopic (exact) mass is 419 g/mol. The second-order valence-electron chi connectivity index (χ2n) is 10.2. The van der Waals surface area contributed by atoms with Crippen LogP contribution in [-0.4, -0.2) is 41.5 Å². The average molecular weight is 419 g/mol. The van der Waals surface area contributed by atoms with Gasteiger partial charge in [0.1, 0.15) is 17.6 Å². The lowest BCUT2D eigenvalue weighted by Gasteiger charge is -2.32. The third-order valence-corrected chi connectivity index (χ3v) is 6.32. The van der Waals surface area contributed by atoms with Crippen molar-refractivity contribution in [2.75, 3.05) is 6.61 Å². The zero-order valence-corrected chi connectivity index (χ0v) is 20.3. The molecule has 0 atom stereocenters. The first-order valence-electron chi connectivity index (χ1n) is 10.8. The van der Waals surface area contributed by atoms with Gasteiger partial charge in [0, 0.05) is 17.7 Å². The topological polar surface area (TPSA) is 66.9 Å². The van der Waals surface area contributed by atoms with Gasteiger partial charge in [-0.3, -0.25) is 4.79 Å². The third kappa shape index (κ3) is 5.17. The van der Waals surface area contributed by atoms with Gasteiger partial charge in [0.2, 0.25) is 5.88 Å². The van der Waals surface area contributed by atoms with Gasteiger partial charge < -0.3 is 18.8 Å². The first-order chi connectivity index (χ1) is 13.7. The summed E-state index contributed by atoms with van der Waals surface area (Å²) in [5.41, 5.74) is -0.206. The van der Waals surface area contributed by atoms with Crippen molar-refractivity contribution < 1.29 is 23.6 Å². The molecule has 1 aliphatic rings. The zero-order chi connectivity index (χ0) is 23.0. The van der Waals surface area contributed by atoms with E-state index in [1.165, 1.54) is 0 Å². The fourth-order valence-corrected chi connectivity index (χ4v) is 3.24. The van der Waals surface area contributed by atoms with E-state index in [9.17, 15) is 4.79 Å². The van der Waals surface area contributed by atoms with Gasteiger partial charge in [-0.15, -0.1) is 0 Å². The summed E-state index contributed by atoms with van der Waals surface area (Å²) >= 11 is 0. The molecule has 0 aliphatic carbocycles. The molecule has 2 heterocycles. The fourth-order valence-electron chi connectivity index (χ4n) is 3.24. The first-order valence-corrected chi connectivity index (χ1v) is 10.8. The summed E-state index contributed by atoms with van der Waals surface area (Å²) < 4.78 is 23.9. The van der Waals surface area contributed by atoms with E-state index in [0.29, 0.717) is 18.7 Å². The third-order valence-electron chi connectivity index (χ3n) is 6.32. The summed E-state index contributed by atoms with van der Waals surface area (Å²) in [5.74, 6) is 0.244. The lowest BCUT2D eigenvalue weighted by Crippen LogP contribution is -2.41. The van der Waals surface area contributed by atoms with Gasteiger partial charge in [0.05, 0.1) is 11.2 Å². The van der Waals surface area contributed by atoms with Crippen LogP contribution in [0.3, 0.4) is 0 Å². The van der Waals surface area contributed by atoms with E-state index in [2.05, 4.69) is 4.98 Å². The lowest BCUT2D eigenvalue weighted by molar-refractivity contribution is -0.170. The Bertz CT molecular complexity index is 749. The minimum absolute atomic E-state index is 0.219. The summed E-state index contributed by atoms with van der Waals surface area (Å²) in [6.45, 7) is 19.9. The molecule has 1 saturated heterocycles. The van der Waals surface area contributed by atoms with Gasteiger partial charge in [-0.1, -0.05) is 13.8 Å². The van der Waals surface area contributed by atoms with Crippen LogP contribution in [0.2, 0.25) is 0 Å². The highest BCUT2D eigenvalue weighted by Gasteiger charge is 2.52. The summed E-state index contributed by atoms with van der Waals surface area (Å²) in [5, 5.41) is 0. The molecule has 7 heteroatoms. The maximum atomic E-state index is 12.8. The van der Waals surface area contributed by atoms with E-state index in [-0.39, 0.29) is 12.6 Å². The molecule has 1 aromatic heterocycles. The molecule has 1 aliphatic heterocycles. The molecular formula is C23H38BNO5. The Morgan fingerprint density at radius 1 is 1.10 bits per heavy atom. The Balaban J connectivity index is 2.14. The minimum Gasteiger partial charge on any atom is -0.476 e. The van der Waals surface area contributed by atoms with E-state index in [1.54, 1.807) is 6.20 Å². The molecule has 30 heavy (non-hydrogen) atoms. The minimum atomic E-state index is -0.701. The molecular weight excluding hydrogens is 381 g/mol. The van der Waals surface area contributed by atoms with Crippen LogP contribution < -0.4 is 10.2 Å². The summed E-state index contributed by atoms with van der Waals surface area (Å²) in [4.78, 5) is 17.3. The molecule has 0 N–H and O–H groups in total. The van der Waals surface area contributed by atoms with Crippen LogP contribution in [0.15, 0.2) is 12.3 Å². The molecule has 2 rings (SSSR count). The smallest absolute Gasteiger partial charge is 0.476 e. The van der Waals surface area contributed by atoms with Crippen LogP contribution in [-0.2, 0) is 18.8 Å². The van der Waals surface area contributed by atoms with Crippen molar-refractivity contribution in [3.05, 3.63) is 17.8 Å². The van der Waals surface area contributed by atoms with Gasteiger partial charge in [0.25, 0.3) is 0 Å². The maximum absolute atomic E-state index is 12.8. The van der Waals surface area contributed by atoms with E-state index in [4.69, 9.17) is 18.8 Å². The van der Waals surface area contributed by atoms with Crippen LogP contribution in [0.25, 0.3) is 0 Å². The number of nitrogens with zero attached hydrogens (tertiary/aromatic N) is 1. The number of ether oxygens (including phenoxy) is 2. The van der Waals surface area contributed by atoms with E-state index < -0.39 is 29.3 Å². The lowest BCUT2D eigenvalue weighted by atomic mass is 9.77. The normalized spacial score (nSPS) is 18.4. The molecule has 1 aromatic rings. The van der Waals surface area contributed by atoms with Crippen molar-refractivity contribution in [3.8, 4) is 5.88 Å². The van der Waals surface area contributed by atoms with Crippen molar-refractivity contribution in [2.45, 2.75) is 98.9 Å². The van der Waals surface area contributed by atoms with Crippen molar-refractivity contribution >= 4 is 18.6 Å². The predicted octanol–water partition coefficient (Wildman–Crippen LogP) is 4.22. The average Bonchev–Trinajstić information content (AvgIpc) is 2.82. The first kappa shape index (κ1) is 24.7. The second kappa shape index (κ2) is 8.50. The fraction of sp³-hybridized carbons (Fsp3) is 0.739. The molecule has 0 amide bonds. The second-order valence-corrected chi connectivity index (χ2v) is 10.2. The quantitative estimate of drug-likeness (QED) is 0.487. The molecule has 168 valence electrons. The van der Waals surface area contributed by atoms with Gasteiger partial charge >= 0.3 is 13.1 Å². The van der Waals surface area contributed by atoms with E-state index in [0.717, 1.165) is 11.0 Å². The van der Waals surface area contributed by atoms with E-state index in [1.807, 2.05) is 75.3 Å². The number of pyridine rings is 1. The van der Waals surface area contributed by atoms with E-state index >= 15 is 0 Å². The Hall–Kier alpha value is -1.60. The Morgan fingerprint density at radius 3 is 2.07 bits per heavy atom. The largest absolute Gasteiger partial charge is 0.496 e. The van der Waals surface area contributed by atoms with Crippen LogP contribution in [0.5, 0.6) is 5.88 Å². The molecule has 0 saturated carbocycles. The standard InChI is InChI=1S/C23H38BNO5/c1-11-23(12-2,19(26)28-20(4,5)6)15-27-18-13-16(3)17(14-25-18)24-29-21(7,8)22(9,10)30-24/h13-14H,11-12,15H2,1-10H3. The van der Waals surface area contributed by atoms with Crippen LogP contribution in [0.1, 0.15) is 80.7 Å². The van der Waals surface area contributed by atoms with Crippen LogP contribution in [0.4, 0.5) is 0 Å². The van der Waals surface area contributed by atoms with Gasteiger partial charge in [-0.05, 0) is 73.8 Å². The molecule has 0 aromatic carbocycles. The van der Waals surface area contributed by atoms with Crippen molar-refractivity contribution in [2.24, 2.45) is 5.41 Å². The Morgan fingerprint density at radius 2 is 1.63 bits per heavy atom. The number of aryl methyl sites for hydroxylation is 1.